The average Bonchev–Trinajstić information content (AvgIpc) is 2.59. The molecule has 0 bridgehead atoms. The number of unbranched alkanes of at least 4 members (excludes halogenated alkanes) is 1. The number of fused-ring (bicyclic) bond motifs is 1. The minimum Gasteiger partial charge on any atom is -0.508 e. The highest BCUT2D eigenvalue weighted by atomic mass is 79.9. The first-order chi connectivity index (χ1) is 12.0. The summed E-state index contributed by atoms with van der Waals surface area (Å²) >= 11 is 3.54. The number of allylic oxidation sites excluding steroid dienone is 1. The van der Waals surface area contributed by atoms with Crippen molar-refractivity contribution < 1.29 is 18.6 Å². The van der Waals surface area contributed by atoms with Crippen LogP contribution in [0.5, 0.6) is 11.5 Å². The van der Waals surface area contributed by atoms with Crippen molar-refractivity contribution in [1.82, 2.24) is 0 Å². The fourth-order valence-electron chi connectivity index (χ4n) is 3.00. The van der Waals surface area contributed by atoms with Crippen LogP contribution in [-0.2, 0) is 6.42 Å². The van der Waals surface area contributed by atoms with Gasteiger partial charge in [0.05, 0.1) is 6.61 Å². The molecule has 2 aromatic carbocycles. The Kier molecular flexibility index (Phi) is 5.42. The predicted molar refractivity (Wildman–Crippen MR) is 98.1 cm³/mol. The maximum absolute atomic E-state index is 14.9. The van der Waals surface area contributed by atoms with Gasteiger partial charge in [0.25, 0.3) is 0 Å². The Morgan fingerprint density at radius 2 is 1.88 bits per heavy atom. The number of hydrogen-bond acceptors (Lipinski definition) is 2. The van der Waals surface area contributed by atoms with Crippen molar-refractivity contribution in [1.29, 1.82) is 0 Å². The average molecular weight is 409 g/mol. The maximum Gasteiger partial charge on any atom is 0.191 e. The fourth-order valence-corrected chi connectivity index (χ4v) is 3.64. The van der Waals surface area contributed by atoms with Crippen LogP contribution in [-0.4, -0.2) is 11.7 Å². The van der Waals surface area contributed by atoms with Crippen LogP contribution in [0.4, 0.5) is 8.78 Å². The summed E-state index contributed by atoms with van der Waals surface area (Å²) in [7, 11) is 0. The fraction of sp³-hybridized carbons (Fsp3) is 0.300. The lowest BCUT2D eigenvalue weighted by Gasteiger charge is -2.23. The van der Waals surface area contributed by atoms with E-state index in [0.717, 1.165) is 28.5 Å². The van der Waals surface area contributed by atoms with Crippen LogP contribution in [0.1, 0.15) is 42.9 Å². The van der Waals surface area contributed by atoms with Gasteiger partial charge in [-0.2, -0.15) is 0 Å². The Balaban J connectivity index is 2.07. The lowest BCUT2D eigenvalue weighted by Crippen LogP contribution is -2.10. The summed E-state index contributed by atoms with van der Waals surface area (Å²) < 4.78 is 35.6. The van der Waals surface area contributed by atoms with E-state index < -0.39 is 11.6 Å². The van der Waals surface area contributed by atoms with E-state index in [9.17, 15) is 13.9 Å². The molecule has 5 heteroatoms. The lowest BCUT2D eigenvalue weighted by atomic mass is 9.86. The standard InChI is InChI=1S/C20H19BrF2O2/c1-2-3-10-25-20-17(22)11-15-14(19(20)23)8-9-16(21)18(15)12-4-6-13(24)7-5-12/h4-7,11,24H,2-3,8-10H2,1H3. The molecule has 0 spiro atoms. The number of phenols is 1. The normalized spacial score (nSPS) is 13.8. The van der Waals surface area contributed by atoms with E-state index in [1.54, 1.807) is 24.3 Å². The van der Waals surface area contributed by atoms with Gasteiger partial charge in [0, 0.05) is 10.0 Å². The third-order valence-electron chi connectivity index (χ3n) is 4.31. The van der Waals surface area contributed by atoms with E-state index in [1.807, 2.05) is 6.92 Å². The second kappa shape index (κ2) is 7.56. The zero-order chi connectivity index (χ0) is 18.0. The molecule has 25 heavy (non-hydrogen) atoms. The molecular weight excluding hydrogens is 390 g/mol. The molecule has 0 amide bonds. The van der Waals surface area contributed by atoms with E-state index in [4.69, 9.17) is 4.74 Å². The molecular formula is C20H19BrF2O2. The van der Waals surface area contributed by atoms with Gasteiger partial charge in [-0.25, -0.2) is 8.78 Å². The number of ether oxygens (including phenoxy) is 1. The van der Waals surface area contributed by atoms with Crippen LogP contribution in [0.2, 0.25) is 0 Å². The van der Waals surface area contributed by atoms with Gasteiger partial charge in [-0.1, -0.05) is 41.4 Å². The SMILES string of the molecule is CCCCOc1c(F)cc2c(c1F)CCC(Br)=C2c1ccc(O)cc1. The summed E-state index contributed by atoms with van der Waals surface area (Å²) in [6, 6.07) is 7.95. The third kappa shape index (κ3) is 3.56. The quantitative estimate of drug-likeness (QED) is 0.619. The molecule has 0 fully saturated rings. The summed E-state index contributed by atoms with van der Waals surface area (Å²) in [5, 5.41) is 9.48. The predicted octanol–water partition coefficient (Wildman–Crippen LogP) is 5.95. The van der Waals surface area contributed by atoms with Crippen LogP contribution in [0, 0.1) is 11.6 Å². The van der Waals surface area contributed by atoms with Crippen molar-refractivity contribution in [2.45, 2.75) is 32.6 Å². The molecule has 0 aliphatic heterocycles. The maximum atomic E-state index is 14.9. The number of phenolic OH excluding ortho intramolecular Hbond substituents is 1. The molecule has 2 nitrogen and oxygen atoms in total. The number of aromatic hydroxyl groups is 1. The highest BCUT2D eigenvalue weighted by Crippen LogP contribution is 2.42. The number of hydrogen-bond donors (Lipinski definition) is 1. The molecule has 0 heterocycles. The van der Waals surface area contributed by atoms with Gasteiger partial charge in [0.2, 0.25) is 0 Å². The lowest BCUT2D eigenvalue weighted by molar-refractivity contribution is 0.277. The van der Waals surface area contributed by atoms with Crippen molar-refractivity contribution >= 4 is 21.5 Å². The highest BCUT2D eigenvalue weighted by Gasteiger charge is 2.26. The molecule has 132 valence electrons. The minimum atomic E-state index is -0.689. The Labute approximate surface area is 154 Å². The summed E-state index contributed by atoms with van der Waals surface area (Å²) in [6.45, 7) is 2.29. The molecule has 3 rings (SSSR count). The molecule has 0 saturated carbocycles. The first-order valence-electron chi connectivity index (χ1n) is 8.35. The minimum absolute atomic E-state index is 0.147. The van der Waals surface area contributed by atoms with Gasteiger partial charge in [-0.15, -0.1) is 0 Å². The van der Waals surface area contributed by atoms with Crippen LogP contribution in [0.25, 0.3) is 5.57 Å². The van der Waals surface area contributed by atoms with Gasteiger partial charge in [0.15, 0.2) is 17.4 Å². The largest absolute Gasteiger partial charge is 0.508 e. The first kappa shape index (κ1) is 17.9. The van der Waals surface area contributed by atoms with Crippen LogP contribution in [0.15, 0.2) is 34.8 Å². The van der Waals surface area contributed by atoms with Gasteiger partial charge in [-0.3, -0.25) is 0 Å². The zero-order valence-electron chi connectivity index (χ0n) is 13.9. The Morgan fingerprint density at radius 3 is 2.56 bits per heavy atom. The molecule has 1 aliphatic carbocycles. The molecule has 1 aliphatic rings. The van der Waals surface area contributed by atoms with Crippen LogP contribution < -0.4 is 4.74 Å². The zero-order valence-corrected chi connectivity index (χ0v) is 15.5. The molecule has 0 atom stereocenters. The van der Waals surface area contributed by atoms with E-state index in [-0.39, 0.29) is 11.5 Å². The van der Waals surface area contributed by atoms with Gasteiger partial charge in [-0.05, 0) is 54.2 Å². The smallest absolute Gasteiger partial charge is 0.191 e. The highest BCUT2D eigenvalue weighted by molar-refractivity contribution is 9.11. The first-order valence-corrected chi connectivity index (χ1v) is 9.14. The molecule has 0 aromatic heterocycles. The molecule has 1 N–H and O–H groups in total. The monoisotopic (exact) mass is 408 g/mol. The topological polar surface area (TPSA) is 29.5 Å². The molecule has 0 radical (unpaired) electrons. The summed E-state index contributed by atoms with van der Waals surface area (Å²) in [4.78, 5) is 0. The van der Waals surface area contributed by atoms with Crippen LogP contribution in [0.3, 0.4) is 0 Å². The number of halogens is 3. The van der Waals surface area contributed by atoms with E-state index in [1.165, 1.54) is 6.07 Å². The van der Waals surface area contributed by atoms with Crippen molar-refractivity contribution in [2.24, 2.45) is 0 Å². The van der Waals surface area contributed by atoms with Crippen molar-refractivity contribution in [2.75, 3.05) is 6.61 Å². The Morgan fingerprint density at radius 1 is 1.16 bits per heavy atom. The summed E-state index contributed by atoms with van der Waals surface area (Å²) in [5.74, 6) is -1.43. The molecule has 0 saturated heterocycles. The second-order valence-electron chi connectivity index (χ2n) is 6.06. The van der Waals surface area contributed by atoms with Gasteiger partial charge < -0.3 is 9.84 Å². The van der Waals surface area contributed by atoms with E-state index in [0.29, 0.717) is 30.6 Å². The van der Waals surface area contributed by atoms with Crippen molar-refractivity contribution in [3.8, 4) is 11.5 Å². The van der Waals surface area contributed by atoms with E-state index >= 15 is 0 Å². The molecule has 2 aromatic rings. The number of benzene rings is 2. The summed E-state index contributed by atoms with van der Waals surface area (Å²) in [6.07, 6.45) is 2.75. The van der Waals surface area contributed by atoms with Crippen LogP contribution >= 0.6 is 15.9 Å². The van der Waals surface area contributed by atoms with E-state index in [2.05, 4.69) is 15.9 Å². The van der Waals surface area contributed by atoms with Crippen molar-refractivity contribution in [3.05, 3.63) is 63.1 Å². The number of rotatable bonds is 5. The van der Waals surface area contributed by atoms with Crippen molar-refractivity contribution in [3.63, 3.8) is 0 Å². The second-order valence-corrected chi connectivity index (χ2v) is 7.01. The van der Waals surface area contributed by atoms with Gasteiger partial charge in [0.1, 0.15) is 5.75 Å². The molecule has 0 unspecified atom stereocenters. The van der Waals surface area contributed by atoms with Gasteiger partial charge >= 0.3 is 0 Å². The summed E-state index contributed by atoms with van der Waals surface area (Å²) in [5.41, 5.74) is 2.55. The third-order valence-corrected chi connectivity index (χ3v) is 5.11. The Hall–Kier alpha value is -1.88. The Bertz CT molecular complexity index is 813.